The van der Waals surface area contributed by atoms with Crippen molar-refractivity contribution in [2.45, 2.75) is 19.5 Å². The minimum absolute atomic E-state index is 0.474. The van der Waals surface area contributed by atoms with Gasteiger partial charge in [-0.25, -0.2) is 0 Å². The third kappa shape index (κ3) is 3.44. The van der Waals surface area contributed by atoms with Gasteiger partial charge in [-0.3, -0.25) is 0 Å². The highest BCUT2D eigenvalue weighted by atomic mass is 79.9. The van der Waals surface area contributed by atoms with E-state index >= 15 is 0 Å². The Kier molecular flexibility index (Phi) is 4.85. The van der Waals surface area contributed by atoms with E-state index in [0.29, 0.717) is 12.6 Å². The van der Waals surface area contributed by atoms with Crippen molar-refractivity contribution in [2.24, 2.45) is 0 Å². The first-order valence-corrected chi connectivity index (χ1v) is 7.21. The van der Waals surface area contributed by atoms with E-state index in [1.165, 1.54) is 0 Å². The molecule has 1 aliphatic rings. The largest absolute Gasteiger partial charge is 0.492 e. The molecule has 2 rings (SSSR count). The van der Waals surface area contributed by atoms with Gasteiger partial charge in [-0.05, 0) is 35.0 Å². The lowest BCUT2D eigenvalue weighted by Crippen LogP contribution is -2.45. The third-order valence-electron chi connectivity index (χ3n) is 2.59. The lowest BCUT2D eigenvalue weighted by molar-refractivity contribution is -0.00586. The van der Waals surface area contributed by atoms with Gasteiger partial charge in [0, 0.05) is 16.6 Å². The summed E-state index contributed by atoms with van der Waals surface area (Å²) < 4.78 is 12.8. The molecule has 17 heavy (non-hydrogen) atoms. The molecule has 0 unspecified atom stereocenters. The van der Waals surface area contributed by atoms with E-state index in [1.54, 1.807) is 0 Å². The Morgan fingerprint density at radius 1 is 1.41 bits per heavy atom. The maximum atomic E-state index is 5.67. The van der Waals surface area contributed by atoms with E-state index < -0.39 is 0 Å². The number of benzene rings is 1. The molecule has 0 amide bonds. The maximum absolute atomic E-state index is 5.67. The van der Waals surface area contributed by atoms with Crippen molar-refractivity contribution in [1.29, 1.82) is 0 Å². The van der Waals surface area contributed by atoms with Gasteiger partial charge in [0.15, 0.2) is 0 Å². The van der Waals surface area contributed by atoms with Crippen LogP contribution in [0.3, 0.4) is 0 Å². The fourth-order valence-electron chi connectivity index (χ4n) is 1.66. The minimum atomic E-state index is 0.474. The quantitative estimate of drug-likeness (QED) is 0.870. The van der Waals surface area contributed by atoms with E-state index in [-0.39, 0.29) is 0 Å². The molecule has 94 valence electrons. The summed E-state index contributed by atoms with van der Waals surface area (Å²) in [5.74, 6) is 0.920. The van der Waals surface area contributed by atoms with Crippen molar-refractivity contribution in [3.8, 4) is 5.75 Å². The molecule has 1 N–H and O–H groups in total. The molecule has 0 saturated carbocycles. The first kappa shape index (κ1) is 13.3. The number of rotatable bonds is 5. The monoisotopic (exact) mass is 363 g/mol. The van der Waals surface area contributed by atoms with Crippen LogP contribution in [0.15, 0.2) is 21.1 Å². The number of hydrogen-bond acceptors (Lipinski definition) is 3. The second kappa shape index (κ2) is 6.18. The molecule has 3 nitrogen and oxygen atoms in total. The Bertz CT molecular complexity index is 394. The number of ether oxygens (including phenoxy) is 2. The fraction of sp³-hybridized carbons (Fsp3) is 0.500. The summed E-state index contributed by atoms with van der Waals surface area (Å²) in [5.41, 5.74) is 1.15. The zero-order valence-corrected chi connectivity index (χ0v) is 12.8. The van der Waals surface area contributed by atoms with Gasteiger partial charge < -0.3 is 14.8 Å². The molecule has 0 atom stereocenters. The molecule has 0 spiro atoms. The smallest absolute Gasteiger partial charge is 0.138 e. The first-order chi connectivity index (χ1) is 8.20. The van der Waals surface area contributed by atoms with Crippen molar-refractivity contribution < 1.29 is 9.47 Å². The van der Waals surface area contributed by atoms with E-state index in [2.05, 4.69) is 43.2 Å². The van der Waals surface area contributed by atoms with E-state index in [4.69, 9.17) is 9.47 Å². The molecule has 1 aromatic rings. The maximum Gasteiger partial charge on any atom is 0.138 e. The Balaban J connectivity index is 2.11. The molecular weight excluding hydrogens is 350 g/mol. The molecule has 1 saturated heterocycles. The minimum Gasteiger partial charge on any atom is -0.492 e. The van der Waals surface area contributed by atoms with Gasteiger partial charge in [0.25, 0.3) is 0 Å². The second-order valence-electron chi connectivity index (χ2n) is 3.92. The van der Waals surface area contributed by atoms with Crippen LogP contribution in [0.4, 0.5) is 0 Å². The summed E-state index contributed by atoms with van der Waals surface area (Å²) in [6, 6.07) is 4.56. The van der Waals surface area contributed by atoms with Crippen molar-refractivity contribution in [3.63, 3.8) is 0 Å². The lowest BCUT2D eigenvalue weighted by Gasteiger charge is -2.27. The predicted molar refractivity (Wildman–Crippen MR) is 74.5 cm³/mol. The first-order valence-electron chi connectivity index (χ1n) is 5.62. The summed E-state index contributed by atoms with van der Waals surface area (Å²) in [6.07, 6.45) is 0. The van der Waals surface area contributed by atoms with Crippen molar-refractivity contribution in [1.82, 2.24) is 5.32 Å². The van der Waals surface area contributed by atoms with Crippen LogP contribution in [-0.2, 0) is 11.3 Å². The number of halogens is 2. The van der Waals surface area contributed by atoms with Gasteiger partial charge >= 0.3 is 0 Å². The summed E-state index contributed by atoms with van der Waals surface area (Å²) in [5, 5.41) is 3.44. The van der Waals surface area contributed by atoms with Gasteiger partial charge in [0.2, 0.25) is 0 Å². The predicted octanol–water partition coefficient (Wildman–Crippen LogP) is 3.10. The SMILES string of the molecule is CCOc1c(Br)cc(Br)cc1CNC1COC1. The molecule has 1 heterocycles. The topological polar surface area (TPSA) is 30.5 Å². The molecule has 0 radical (unpaired) electrons. The Morgan fingerprint density at radius 3 is 2.76 bits per heavy atom. The molecule has 0 aliphatic carbocycles. The van der Waals surface area contributed by atoms with Gasteiger partial charge in [0.05, 0.1) is 30.3 Å². The summed E-state index contributed by atoms with van der Waals surface area (Å²) in [7, 11) is 0. The molecule has 0 aromatic heterocycles. The highest BCUT2D eigenvalue weighted by Gasteiger charge is 2.18. The molecule has 1 aromatic carbocycles. The summed E-state index contributed by atoms with van der Waals surface area (Å²) in [4.78, 5) is 0. The van der Waals surface area contributed by atoms with Gasteiger partial charge in [-0.2, -0.15) is 0 Å². The number of hydrogen-bond donors (Lipinski definition) is 1. The summed E-state index contributed by atoms with van der Waals surface area (Å²) >= 11 is 7.03. The second-order valence-corrected chi connectivity index (χ2v) is 5.69. The van der Waals surface area contributed by atoms with Crippen molar-refractivity contribution >= 4 is 31.9 Å². The normalized spacial score (nSPS) is 15.7. The van der Waals surface area contributed by atoms with Crippen LogP contribution < -0.4 is 10.1 Å². The fourth-order valence-corrected chi connectivity index (χ4v) is 3.09. The highest BCUT2D eigenvalue weighted by molar-refractivity contribution is 9.11. The van der Waals surface area contributed by atoms with Gasteiger partial charge in [-0.15, -0.1) is 0 Å². The van der Waals surface area contributed by atoms with Crippen LogP contribution in [0.5, 0.6) is 5.75 Å². The van der Waals surface area contributed by atoms with Crippen molar-refractivity contribution in [2.75, 3.05) is 19.8 Å². The standard InChI is InChI=1S/C12H15Br2NO2/c1-2-17-12-8(3-9(13)4-11(12)14)5-15-10-6-16-7-10/h3-4,10,15H,2,5-7H2,1H3. The van der Waals surface area contributed by atoms with Gasteiger partial charge in [-0.1, -0.05) is 15.9 Å². The molecule has 0 bridgehead atoms. The lowest BCUT2D eigenvalue weighted by atomic mass is 10.1. The summed E-state index contributed by atoms with van der Waals surface area (Å²) in [6.45, 7) is 5.06. The van der Waals surface area contributed by atoms with Crippen LogP contribution in [0, 0.1) is 0 Å². The van der Waals surface area contributed by atoms with E-state index in [1.807, 2.05) is 13.0 Å². The Hall–Kier alpha value is -0.100. The Morgan fingerprint density at radius 2 is 2.18 bits per heavy atom. The van der Waals surface area contributed by atoms with E-state index in [0.717, 1.165) is 40.0 Å². The van der Waals surface area contributed by atoms with Crippen LogP contribution in [0.2, 0.25) is 0 Å². The van der Waals surface area contributed by atoms with Crippen LogP contribution in [-0.4, -0.2) is 25.9 Å². The molecule has 1 fully saturated rings. The third-order valence-corrected chi connectivity index (χ3v) is 3.64. The van der Waals surface area contributed by atoms with Crippen LogP contribution in [0.25, 0.3) is 0 Å². The van der Waals surface area contributed by atoms with Crippen LogP contribution in [0.1, 0.15) is 12.5 Å². The van der Waals surface area contributed by atoms with E-state index in [9.17, 15) is 0 Å². The zero-order valence-electron chi connectivity index (χ0n) is 9.63. The zero-order chi connectivity index (χ0) is 12.3. The highest BCUT2D eigenvalue weighted by Crippen LogP contribution is 2.33. The van der Waals surface area contributed by atoms with Crippen LogP contribution >= 0.6 is 31.9 Å². The average molecular weight is 365 g/mol. The Labute approximate surface area is 118 Å². The van der Waals surface area contributed by atoms with Crippen molar-refractivity contribution in [3.05, 3.63) is 26.6 Å². The van der Waals surface area contributed by atoms with Gasteiger partial charge in [0.1, 0.15) is 5.75 Å². The molecular formula is C12H15Br2NO2. The number of nitrogens with one attached hydrogen (secondary N) is 1. The average Bonchev–Trinajstić information content (AvgIpc) is 2.20. The molecule has 1 aliphatic heterocycles. The molecule has 5 heteroatoms.